The van der Waals surface area contributed by atoms with Crippen molar-refractivity contribution < 1.29 is 17.6 Å². The third kappa shape index (κ3) is 2.81. The van der Waals surface area contributed by atoms with Crippen LogP contribution in [0.4, 0.5) is 17.6 Å². The highest BCUT2D eigenvalue weighted by atomic mass is 79.9. The molecule has 82 valence electrons. The van der Waals surface area contributed by atoms with Crippen molar-refractivity contribution in [3.8, 4) is 0 Å². The van der Waals surface area contributed by atoms with Crippen molar-refractivity contribution in [2.24, 2.45) is 0 Å². The van der Waals surface area contributed by atoms with E-state index in [2.05, 4.69) is 22.5 Å². The molecule has 0 aliphatic heterocycles. The summed E-state index contributed by atoms with van der Waals surface area (Å²) in [6.07, 6.45) is 0.0627. The van der Waals surface area contributed by atoms with Crippen LogP contribution in [0.15, 0.2) is 17.1 Å². The molecule has 0 amide bonds. The molecule has 1 aromatic carbocycles. The third-order valence-corrected chi connectivity index (χ3v) is 2.25. The molecule has 5 heteroatoms. The second kappa shape index (κ2) is 4.79. The molecule has 0 heterocycles. The molecule has 15 heavy (non-hydrogen) atoms. The lowest BCUT2D eigenvalue weighted by Gasteiger charge is -2.06. The second-order valence-electron chi connectivity index (χ2n) is 2.96. The molecule has 0 atom stereocenters. The van der Waals surface area contributed by atoms with Crippen molar-refractivity contribution in [2.75, 3.05) is 0 Å². The highest BCUT2D eigenvalue weighted by molar-refractivity contribution is 9.11. The maximum Gasteiger partial charge on any atom is 0.165 e. The maximum absolute atomic E-state index is 13.1. The highest BCUT2D eigenvalue weighted by Crippen LogP contribution is 2.22. The van der Waals surface area contributed by atoms with Crippen LogP contribution in [0, 0.1) is 23.3 Å². The molecule has 0 fully saturated rings. The number of benzene rings is 1. The first-order valence-electron chi connectivity index (χ1n) is 4.08. The van der Waals surface area contributed by atoms with E-state index in [0.29, 0.717) is 4.48 Å². The van der Waals surface area contributed by atoms with Gasteiger partial charge >= 0.3 is 0 Å². The average Bonchev–Trinajstić information content (AvgIpc) is 2.14. The summed E-state index contributed by atoms with van der Waals surface area (Å²) in [5, 5.41) is 0. The first kappa shape index (κ1) is 12.2. The van der Waals surface area contributed by atoms with Crippen molar-refractivity contribution in [1.82, 2.24) is 0 Å². The molecule has 0 radical (unpaired) electrons. The number of hydrogen-bond acceptors (Lipinski definition) is 0. The van der Waals surface area contributed by atoms with Crippen molar-refractivity contribution in [3.63, 3.8) is 0 Å². The summed E-state index contributed by atoms with van der Waals surface area (Å²) >= 11 is 2.99. The molecular formula is C10H7BrF4. The predicted octanol–water partition coefficient (Wildman–Crippen LogP) is 4.08. The van der Waals surface area contributed by atoms with Gasteiger partial charge in [0.1, 0.15) is 0 Å². The monoisotopic (exact) mass is 282 g/mol. The number of rotatable bonds is 3. The number of allylic oxidation sites excluding steroid dienone is 1. The third-order valence-electron chi connectivity index (χ3n) is 1.85. The van der Waals surface area contributed by atoms with Gasteiger partial charge < -0.3 is 0 Å². The summed E-state index contributed by atoms with van der Waals surface area (Å²) in [5.74, 6) is -5.46. The van der Waals surface area contributed by atoms with Gasteiger partial charge in [-0.25, -0.2) is 17.6 Å². The van der Waals surface area contributed by atoms with Gasteiger partial charge in [-0.3, -0.25) is 0 Å². The zero-order valence-corrected chi connectivity index (χ0v) is 9.17. The minimum absolute atomic E-state index is 0.142. The molecule has 0 N–H and O–H groups in total. The van der Waals surface area contributed by atoms with Crippen molar-refractivity contribution in [2.45, 2.75) is 12.8 Å². The largest absolute Gasteiger partial charge is 0.204 e. The summed E-state index contributed by atoms with van der Waals surface area (Å²) in [7, 11) is 0. The van der Waals surface area contributed by atoms with Gasteiger partial charge in [0.25, 0.3) is 0 Å². The highest BCUT2D eigenvalue weighted by Gasteiger charge is 2.18. The predicted molar refractivity (Wildman–Crippen MR) is 52.7 cm³/mol. The first-order valence-corrected chi connectivity index (χ1v) is 4.88. The van der Waals surface area contributed by atoms with Gasteiger partial charge in [-0.1, -0.05) is 22.5 Å². The molecule has 0 aliphatic rings. The number of halogens is 5. The lowest BCUT2D eigenvalue weighted by atomic mass is 10.1. The molecule has 0 saturated carbocycles. The Labute approximate surface area is 92.7 Å². The summed E-state index contributed by atoms with van der Waals surface area (Å²) < 4.78 is 52.1. The Morgan fingerprint density at radius 1 is 1.13 bits per heavy atom. The van der Waals surface area contributed by atoms with E-state index in [1.807, 2.05) is 0 Å². The van der Waals surface area contributed by atoms with E-state index in [1.165, 1.54) is 0 Å². The first-order chi connectivity index (χ1) is 6.93. The van der Waals surface area contributed by atoms with Crippen LogP contribution in [0.3, 0.4) is 0 Å². The van der Waals surface area contributed by atoms with Gasteiger partial charge in [0.05, 0.1) is 0 Å². The van der Waals surface area contributed by atoms with E-state index in [4.69, 9.17) is 0 Å². The van der Waals surface area contributed by atoms with E-state index >= 15 is 0 Å². The lowest BCUT2D eigenvalue weighted by molar-refractivity contribution is 0.439. The van der Waals surface area contributed by atoms with Crippen molar-refractivity contribution >= 4 is 15.9 Å². The van der Waals surface area contributed by atoms with E-state index in [1.54, 1.807) is 0 Å². The standard InChI is InChI=1S/C10H7BrF4/c1-5(11)2-3-6-9(14)7(12)4-8(13)10(6)15/h4H,1-3H2. The Hall–Kier alpha value is -0.840. The zero-order chi connectivity index (χ0) is 11.6. The fourth-order valence-electron chi connectivity index (χ4n) is 1.10. The molecular weight excluding hydrogens is 276 g/mol. The van der Waals surface area contributed by atoms with Gasteiger partial charge in [-0.15, -0.1) is 0 Å². The average molecular weight is 283 g/mol. The number of hydrogen-bond donors (Lipinski definition) is 0. The van der Waals surface area contributed by atoms with E-state index in [9.17, 15) is 17.6 Å². The molecule has 1 rings (SSSR count). The summed E-state index contributed by atoms with van der Waals surface area (Å²) in [6, 6.07) is 0.192. The molecule has 0 aromatic heterocycles. The Bertz CT molecular complexity index is 375. The van der Waals surface area contributed by atoms with E-state index < -0.39 is 28.8 Å². The van der Waals surface area contributed by atoms with Gasteiger partial charge in [-0.05, 0) is 17.3 Å². The van der Waals surface area contributed by atoms with Crippen molar-refractivity contribution in [3.05, 3.63) is 46.0 Å². The van der Waals surface area contributed by atoms with Gasteiger partial charge in [0.2, 0.25) is 0 Å². The molecule has 0 spiro atoms. The Balaban J connectivity index is 3.09. The maximum atomic E-state index is 13.1. The SMILES string of the molecule is C=C(Br)CCc1c(F)c(F)cc(F)c1F. The molecule has 1 aromatic rings. The Morgan fingerprint density at radius 3 is 2.00 bits per heavy atom. The fraction of sp³-hybridized carbons (Fsp3) is 0.200. The topological polar surface area (TPSA) is 0 Å². The van der Waals surface area contributed by atoms with E-state index in [-0.39, 0.29) is 18.9 Å². The minimum Gasteiger partial charge on any atom is -0.204 e. The molecule has 0 nitrogen and oxygen atoms in total. The van der Waals surface area contributed by atoms with Crippen LogP contribution in [0.2, 0.25) is 0 Å². The van der Waals surface area contributed by atoms with Gasteiger partial charge in [-0.2, -0.15) is 0 Å². The quantitative estimate of drug-likeness (QED) is 0.579. The second-order valence-corrected chi connectivity index (χ2v) is 4.09. The van der Waals surface area contributed by atoms with Crippen LogP contribution in [0.1, 0.15) is 12.0 Å². The zero-order valence-electron chi connectivity index (χ0n) is 7.59. The molecule has 0 saturated heterocycles. The van der Waals surface area contributed by atoms with Crippen LogP contribution < -0.4 is 0 Å². The molecule has 0 bridgehead atoms. The summed E-state index contributed by atoms with van der Waals surface area (Å²) in [4.78, 5) is 0. The van der Waals surface area contributed by atoms with Crippen LogP contribution >= 0.6 is 15.9 Å². The molecule has 0 unspecified atom stereocenters. The fourth-order valence-corrected chi connectivity index (χ4v) is 1.30. The van der Waals surface area contributed by atoms with Crippen LogP contribution in [0.5, 0.6) is 0 Å². The Morgan fingerprint density at radius 2 is 1.60 bits per heavy atom. The summed E-state index contributed by atoms with van der Waals surface area (Å²) in [6.45, 7) is 3.46. The Kier molecular flexibility index (Phi) is 3.90. The lowest BCUT2D eigenvalue weighted by Crippen LogP contribution is -2.02. The van der Waals surface area contributed by atoms with Crippen LogP contribution in [-0.4, -0.2) is 0 Å². The van der Waals surface area contributed by atoms with Crippen molar-refractivity contribution in [1.29, 1.82) is 0 Å². The van der Waals surface area contributed by atoms with Crippen LogP contribution in [0.25, 0.3) is 0 Å². The summed E-state index contributed by atoms with van der Waals surface area (Å²) in [5.41, 5.74) is -0.590. The smallest absolute Gasteiger partial charge is 0.165 e. The normalized spacial score (nSPS) is 10.5. The van der Waals surface area contributed by atoms with Gasteiger partial charge in [0.15, 0.2) is 23.3 Å². The van der Waals surface area contributed by atoms with E-state index in [0.717, 1.165) is 0 Å². The van der Waals surface area contributed by atoms with Crippen LogP contribution in [-0.2, 0) is 6.42 Å². The molecule has 0 aliphatic carbocycles. The minimum atomic E-state index is -1.39. The van der Waals surface area contributed by atoms with Gasteiger partial charge in [0, 0.05) is 11.6 Å².